The fourth-order valence-electron chi connectivity index (χ4n) is 1.79. The van der Waals surface area contributed by atoms with Gasteiger partial charge in [-0.2, -0.15) is 0 Å². The van der Waals surface area contributed by atoms with E-state index in [1.165, 1.54) is 6.92 Å². The summed E-state index contributed by atoms with van der Waals surface area (Å²) in [6.45, 7) is 2.00. The summed E-state index contributed by atoms with van der Waals surface area (Å²) in [5.41, 5.74) is 6.62. The van der Waals surface area contributed by atoms with Gasteiger partial charge in [0.2, 0.25) is 5.91 Å². The third kappa shape index (κ3) is 4.34. The van der Waals surface area contributed by atoms with Crippen LogP contribution in [-0.2, 0) is 11.4 Å². The first-order chi connectivity index (χ1) is 10.6. The number of hydrogen-bond donors (Lipinski definition) is 2. The van der Waals surface area contributed by atoms with Crippen LogP contribution in [0.1, 0.15) is 22.8 Å². The maximum atomic E-state index is 11.9. The Morgan fingerprint density at radius 3 is 2.32 bits per heavy atom. The van der Waals surface area contributed by atoms with Crippen LogP contribution in [0.25, 0.3) is 0 Å². The Morgan fingerprint density at radius 1 is 1.09 bits per heavy atom. The minimum atomic E-state index is -0.707. The van der Waals surface area contributed by atoms with Gasteiger partial charge in [0.25, 0.3) is 5.91 Å². The van der Waals surface area contributed by atoms with Crippen LogP contribution in [0.2, 0.25) is 0 Å². The van der Waals surface area contributed by atoms with Crippen molar-refractivity contribution in [3.8, 4) is 5.75 Å². The molecule has 0 bridgehead atoms. The number of ether oxygens (including phenoxy) is 1. The molecule has 114 valence electrons. The number of nitrogens with two attached hydrogens (primary N) is 1. The summed E-state index contributed by atoms with van der Waals surface area (Å²) in [5, 5.41) is 2.52. The molecule has 0 radical (unpaired) electrons. The summed E-state index contributed by atoms with van der Waals surface area (Å²) in [5.74, 6) is -0.250. The highest BCUT2D eigenvalue weighted by atomic mass is 16.5. The molecule has 2 aromatic rings. The van der Waals surface area contributed by atoms with Gasteiger partial charge in [-0.15, -0.1) is 0 Å². The van der Waals surface area contributed by atoms with Gasteiger partial charge >= 0.3 is 0 Å². The van der Waals surface area contributed by atoms with Crippen molar-refractivity contribution in [3.63, 3.8) is 0 Å². The molecule has 0 aliphatic carbocycles. The van der Waals surface area contributed by atoms with Gasteiger partial charge in [-0.05, 0) is 36.8 Å². The van der Waals surface area contributed by atoms with Crippen molar-refractivity contribution < 1.29 is 14.3 Å². The summed E-state index contributed by atoms with van der Waals surface area (Å²) >= 11 is 0. The Hall–Kier alpha value is -2.82. The Bertz CT molecular complexity index is 639. The molecule has 0 fully saturated rings. The van der Waals surface area contributed by atoms with E-state index >= 15 is 0 Å². The second-order valence-corrected chi connectivity index (χ2v) is 4.90. The van der Waals surface area contributed by atoms with Crippen molar-refractivity contribution in [1.29, 1.82) is 0 Å². The third-order valence-corrected chi connectivity index (χ3v) is 3.14. The molecule has 0 saturated carbocycles. The second-order valence-electron chi connectivity index (χ2n) is 4.90. The zero-order valence-electron chi connectivity index (χ0n) is 12.3. The van der Waals surface area contributed by atoms with E-state index in [-0.39, 0.29) is 5.91 Å². The molecule has 0 aliphatic heterocycles. The molecule has 2 aromatic carbocycles. The predicted octanol–water partition coefficient (Wildman–Crippen LogP) is 1.87. The molecule has 5 heteroatoms. The van der Waals surface area contributed by atoms with Gasteiger partial charge in [0.05, 0.1) is 0 Å². The van der Waals surface area contributed by atoms with Crippen LogP contribution in [0, 0.1) is 0 Å². The first-order valence-electron chi connectivity index (χ1n) is 6.93. The monoisotopic (exact) mass is 298 g/mol. The number of primary amides is 1. The smallest absolute Gasteiger partial charge is 0.251 e. The van der Waals surface area contributed by atoms with E-state index in [2.05, 4.69) is 5.32 Å². The van der Waals surface area contributed by atoms with Crippen molar-refractivity contribution >= 4 is 11.8 Å². The van der Waals surface area contributed by atoms with E-state index in [1.54, 1.807) is 24.3 Å². The zero-order chi connectivity index (χ0) is 15.9. The van der Waals surface area contributed by atoms with Crippen LogP contribution >= 0.6 is 0 Å². The molecule has 0 saturated heterocycles. The highest BCUT2D eigenvalue weighted by molar-refractivity contribution is 5.97. The Balaban J connectivity index is 1.92. The molecule has 5 nitrogen and oxygen atoms in total. The predicted molar refractivity (Wildman–Crippen MR) is 83.3 cm³/mol. The summed E-state index contributed by atoms with van der Waals surface area (Å²) in [6, 6.07) is 15.8. The van der Waals surface area contributed by atoms with Crippen molar-refractivity contribution in [2.45, 2.75) is 19.6 Å². The molecule has 0 aromatic heterocycles. The average molecular weight is 298 g/mol. The summed E-state index contributed by atoms with van der Waals surface area (Å²) in [7, 11) is 0. The van der Waals surface area contributed by atoms with Gasteiger partial charge in [-0.3, -0.25) is 9.59 Å². The van der Waals surface area contributed by atoms with Crippen LogP contribution in [-0.4, -0.2) is 17.9 Å². The quantitative estimate of drug-likeness (QED) is 0.854. The molecular formula is C17H18N2O3. The van der Waals surface area contributed by atoms with Gasteiger partial charge in [0.15, 0.2) is 0 Å². The normalized spacial score (nSPS) is 11.5. The van der Waals surface area contributed by atoms with Crippen molar-refractivity contribution in [1.82, 2.24) is 5.32 Å². The molecule has 2 amide bonds. The minimum Gasteiger partial charge on any atom is -0.489 e. The van der Waals surface area contributed by atoms with E-state index in [9.17, 15) is 9.59 Å². The number of amides is 2. The number of carbonyl (C=O) groups excluding carboxylic acids is 2. The fraction of sp³-hybridized carbons (Fsp3) is 0.176. The lowest BCUT2D eigenvalue weighted by Crippen LogP contribution is -2.42. The largest absolute Gasteiger partial charge is 0.489 e. The Morgan fingerprint density at radius 2 is 1.73 bits per heavy atom. The lowest BCUT2D eigenvalue weighted by molar-refractivity contribution is -0.119. The Labute approximate surface area is 129 Å². The summed E-state index contributed by atoms with van der Waals surface area (Å²) in [6.07, 6.45) is 0. The molecule has 22 heavy (non-hydrogen) atoms. The SMILES string of the molecule is CC(NC(=O)c1ccc(OCc2ccccc2)cc1)C(N)=O. The summed E-state index contributed by atoms with van der Waals surface area (Å²) < 4.78 is 5.64. The first-order valence-corrected chi connectivity index (χ1v) is 6.93. The first kappa shape index (κ1) is 15.6. The lowest BCUT2D eigenvalue weighted by Gasteiger charge is -2.11. The molecule has 2 rings (SSSR count). The number of hydrogen-bond acceptors (Lipinski definition) is 3. The molecule has 0 aliphatic rings. The van der Waals surface area contributed by atoms with Gasteiger partial charge in [0.1, 0.15) is 18.4 Å². The minimum absolute atomic E-state index is 0.346. The van der Waals surface area contributed by atoms with Crippen molar-refractivity contribution in [2.75, 3.05) is 0 Å². The van der Waals surface area contributed by atoms with Crippen molar-refractivity contribution in [3.05, 3.63) is 65.7 Å². The van der Waals surface area contributed by atoms with Crippen LogP contribution in [0.15, 0.2) is 54.6 Å². The van der Waals surface area contributed by atoms with E-state index in [0.717, 1.165) is 5.56 Å². The maximum Gasteiger partial charge on any atom is 0.251 e. The maximum absolute atomic E-state index is 11.9. The number of nitrogens with one attached hydrogen (secondary N) is 1. The van der Waals surface area contributed by atoms with E-state index in [4.69, 9.17) is 10.5 Å². The van der Waals surface area contributed by atoms with Gasteiger partial charge in [-0.1, -0.05) is 30.3 Å². The molecule has 0 heterocycles. The standard InChI is InChI=1S/C17H18N2O3/c1-12(16(18)20)19-17(21)14-7-9-15(10-8-14)22-11-13-5-3-2-4-6-13/h2-10,12H,11H2,1H3,(H2,18,20)(H,19,21). The molecule has 0 spiro atoms. The van der Waals surface area contributed by atoms with E-state index < -0.39 is 11.9 Å². The second kappa shape index (κ2) is 7.26. The van der Waals surface area contributed by atoms with Crippen LogP contribution in [0.5, 0.6) is 5.75 Å². The van der Waals surface area contributed by atoms with Gasteiger partial charge in [0, 0.05) is 5.56 Å². The van der Waals surface area contributed by atoms with Crippen LogP contribution < -0.4 is 15.8 Å². The highest BCUT2D eigenvalue weighted by Crippen LogP contribution is 2.14. The van der Waals surface area contributed by atoms with Crippen LogP contribution in [0.3, 0.4) is 0 Å². The Kier molecular flexibility index (Phi) is 5.14. The van der Waals surface area contributed by atoms with Gasteiger partial charge in [-0.25, -0.2) is 0 Å². The zero-order valence-corrected chi connectivity index (χ0v) is 12.3. The molecular weight excluding hydrogens is 280 g/mol. The average Bonchev–Trinajstić information content (AvgIpc) is 2.54. The topological polar surface area (TPSA) is 81.4 Å². The fourth-order valence-corrected chi connectivity index (χ4v) is 1.79. The molecule has 1 atom stereocenters. The van der Waals surface area contributed by atoms with E-state index in [1.807, 2.05) is 30.3 Å². The molecule has 1 unspecified atom stereocenters. The number of benzene rings is 2. The highest BCUT2D eigenvalue weighted by Gasteiger charge is 2.13. The van der Waals surface area contributed by atoms with E-state index in [0.29, 0.717) is 17.9 Å². The van der Waals surface area contributed by atoms with Gasteiger partial charge < -0.3 is 15.8 Å². The number of carbonyl (C=O) groups is 2. The van der Waals surface area contributed by atoms with Crippen molar-refractivity contribution in [2.24, 2.45) is 5.73 Å². The molecule has 3 N–H and O–H groups in total. The number of rotatable bonds is 6. The third-order valence-electron chi connectivity index (χ3n) is 3.14. The summed E-state index contributed by atoms with van der Waals surface area (Å²) in [4.78, 5) is 22.8. The lowest BCUT2D eigenvalue weighted by atomic mass is 10.2. The van der Waals surface area contributed by atoms with Crippen LogP contribution in [0.4, 0.5) is 0 Å².